The molecule has 0 bridgehead atoms. The Morgan fingerprint density at radius 1 is 0.293 bits per heavy atom. The van der Waals surface area contributed by atoms with E-state index in [0.717, 1.165) is 56.0 Å². The van der Waals surface area contributed by atoms with Crippen LogP contribution < -0.4 is 0 Å². The molecule has 0 fully saturated rings. The van der Waals surface area contributed by atoms with E-state index >= 15 is 0 Å². The van der Waals surface area contributed by atoms with Crippen LogP contribution >= 0.6 is 0 Å². The number of hydrogen-bond acceptors (Lipinski definition) is 2. The highest BCUT2D eigenvalue weighted by atomic mass is 15.0. The van der Waals surface area contributed by atoms with Crippen molar-refractivity contribution < 1.29 is 0 Å². The molecular weight excluding hydrogens is 705 g/mol. The molecule has 270 valence electrons. The number of para-hydroxylation sites is 2. The lowest BCUT2D eigenvalue weighted by atomic mass is 10.0. The fourth-order valence-electron chi connectivity index (χ4n) is 9.03. The van der Waals surface area contributed by atoms with Crippen molar-refractivity contribution in [1.82, 2.24) is 19.1 Å². The lowest BCUT2D eigenvalue weighted by Crippen LogP contribution is -1.97. The van der Waals surface area contributed by atoms with Crippen LogP contribution in [0.4, 0.5) is 0 Å². The summed E-state index contributed by atoms with van der Waals surface area (Å²) >= 11 is 0. The van der Waals surface area contributed by atoms with E-state index in [9.17, 15) is 0 Å². The molecule has 0 radical (unpaired) electrons. The molecule has 0 saturated carbocycles. The van der Waals surface area contributed by atoms with Crippen LogP contribution in [0.15, 0.2) is 206 Å². The van der Waals surface area contributed by atoms with Gasteiger partial charge in [-0.1, -0.05) is 146 Å². The monoisotopic (exact) mass is 738 g/mol. The van der Waals surface area contributed by atoms with Gasteiger partial charge in [0.15, 0.2) is 0 Å². The first-order valence-corrected chi connectivity index (χ1v) is 19.7. The Balaban J connectivity index is 1.07. The van der Waals surface area contributed by atoms with Crippen LogP contribution in [0.3, 0.4) is 0 Å². The molecule has 4 heteroatoms. The van der Waals surface area contributed by atoms with E-state index in [1.165, 1.54) is 54.4 Å². The number of aromatic nitrogens is 4. The van der Waals surface area contributed by atoms with Crippen LogP contribution in [0.25, 0.3) is 110 Å². The smallest absolute Gasteiger partial charge is 0.0973 e. The number of nitrogens with zero attached hydrogens (tertiary/aromatic N) is 4. The van der Waals surface area contributed by atoms with Crippen molar-refractivity contribution in [2.24, 2.45) is 0 Å². The predicted octanol–water partition coefficient (Wildman–Crippen LogP) is 14.0. The summed E-state index contributed by atoms with van der Waals surface area (Å²) in [4.78, 5) is 10.5. The van der Waals surface area contributed by atoms with Gasteiger partial charge in [-0.3, -0.25) is 0 Å². The van der Waals surface area contributed by atoms with Gasteiger partial charge in [0, 0.05) is 44.0 Å². The van der Waals surface area contributed by atoms with E-state index in [1.807, 2.05) is 12.1 Å². The van der Waals surface area contributed by atoms with Crippen LogP contribution in [0.2, 0.25) is 0 Å². The van der Waals surface area contributed by atoms with Gasteiger partial charge in [-0.25, -0.2) is 9.97 Å². The van der Waals surface area contributed by atoms with E-state index < -0.39 is 0 Å². The van der Waals surface area contributed by atoms with Crippen molar-refractivity contribution in [3.63, 3.8) is 0 Å². The van der Waals surface area contributed by atoms with Gasteiger partial charge in [0.25, 0.3) is 0 Å². The maximum Gasteiger partial charge on any atom is 0.0973 e. The number of rotatable bonds is 5. The number of benzene rings is 9. The Hall–Kier alpha value is -7.82. The van der Waals surface area contributed by atoms with E-state index in [1.54, 1.807) is 0 Å². The minimum absolute atomic E-state index is 0.863. The number of fused-ring (bicyclic) bond motifs is 9. The van der Waals surface area contributed by atoms with Gasteiger partial charge in [-0.15, -0.1) is 0 Å². The largest absolute Gasteiger partial charge is 0.309 e. The molecule has 0 aliphatic rings. The van der Waals surface area contributed by atoms with Crippen LogP contribution in [-0.4, -0.2) is 19.1 Å². The zero-order valence-corrected chi connectivity index (χ0v) is 31.4. The van der Waals surface area contributed by atoms with Gasteiger partial charge in [-0.05, 0) is 82.6 Å². The zero-order valence-electron chi connectivity index (χ0n) is 31.4. The van der Waals surface area contributed by atoms with Gasteiger partial charge in [0.05, 0.1) is 44.5 Å². The van der Waals surface area contributed by atoms with Crippen LogP contribution in [-0.2, 0) is 0 Å². The second kappa shape index (κ2) is 12.9. The average Bonchev–Trinajstić information content (AvgIpc) is 3.80. The van der Waals surface area contributed by atoms with Crippen molar-refractivity contribution >= 4 is 65.4 Å². The second-order valence-corrected chi connectivity index (χ2v) is 15.0. The Labute approximate surface area is 334 Å². The molecule has 0 amide bonds. The highest BCUT2D eigenvalue weighted by Crippen LogP contribution is 2.42. The summed E-state index contributed by atoms with van der Waals surface area (Å²) in [5.41, 5.74) is 14.8. The molecule has 0 N–H and O–H groups in total. The molecule has 3 heterocycles. The normalized spacial score (nSPS) is 11.8. The van der Waals surface area contributed by atoms with E-state index in [4.69, 9.17) is 9.97 Å². The van der Waals surface area contributed by atoms with Crippen LogP contribution in [0.5, 0.6) is 0 Å². The summed E-state index contributed by atoms with van der Waals surface area (Å²) in [6, 6.07) is 73.7. The van der Waals surface area contributed by atoms with Gasteiger partial charge < -0.3 is 9.13 Å². The predicted molar refractivity (Wildman–Crippen MR) is 242 cm³/mol. The first-order valence-electron chi connectivity index (χ1n) is 19.7. The van der Waals surface area contributed by atoms with E-state index in [2.05, 4.69) is 203 Å². The molecule has 0 saturated heterocycles. The van der Waals surface area contributed by atoms with Gasteiger partial charge >= 0.3 is 0 Å². The Bertz CT molecular complexity index is 3550. The summed E-state index contributed by atoms with van der Waals surface area (Å²) in [5, 5.41) is 7.51. The third-order valence-electron chi connectivity index (χ3n) is 11.7. The fraction of sp³-hybridized carbons (Fsp3) is 0. The highest BCUT2D eigenvalue weighted by Gasteiger charge is 2.20. The fourth-order valence-corrected chi connectivity index (χ4v) is 9.03. The standard InChI is InChI=1S/C54H34N4/c1-4-16-36(17-5-1)53-54(37-18-6-2-7-19-37)56-47-32-39(27-29-46(47)55-53)38-20-14-23-41(31-38)58-48-26-13-12-25-43(48)44-33-45-51(34-50(44)58)57(40-21-8-3-9-22-40)49-30-28-35-15-10-11-24-42(35)52(45)49/h1-34H. The molecule has 58 heavy (non-hydrogen) atoms. The molecule has 3 aromatic heterocycles. The molecular formula is C54H34N4. The molecule has 0 aliphatic carbocycles. The average molecular weight is 739 g/mol. The van der Waals surface area contributed by atoms with Crippen molar-refractivity contribution in [2.75, 3.05) is 0 Å². The molecule has 0 aliphatic heterocycles. The molecule has 0 spiro atoms. The van der Waals surface area contributed by atoms with Crippen LogP contribution in [0, 0.1) is 0 Å². The van der Waals surface area contributed by atoms with Crippen molar-refractivity contribution in [1.29, 1.82) is 0 Å². The lowest BCUT2D eigenvalue weighted by molar-refractivity contribution is 1.17. The van der Waals surface area contributed by atoms with Crippen molar-refractivity contribution in [2.45, 2.75) is 0 Å². The third kappa shape index (κ3) is 5.02. The summed E-state index contributed by atoms with van der Waals surface area (Å²) in [7, 11) is 0. The summed E-state index contributed by atoms with van der Waals surface area (Å²) in [5.74, 6) is 0. The SMILES string of the molecule is c1ccc(-c2nc3ccc(-c4cccc(-n5c6ccccc6c6cc7c8c9ccccc9ccc8n(-c8ccccc8)c7cc65)c4)cc3nc2-c2ccccc2)cc1. The van der Waals surface area contributed by atoms with Gasteiger partial charge in [-0.2, -0.15) is 0 Å². The summed E-state index contributed by atoms with van der Waals surface area (Å²) in [6.45, 7) is 0. The molecule has 0 atom stereocenters. The minimum atomic E-state index is 0.863. The number of hydrogen-bond donors (Lipinski definition) is 0. The first kappa shape index (κ1) is 32.4. The highest BCUT2D eigenvalue weighted by molar-refractivity contribution is 6.25. The quantitative estimate of drug-likeness (QED) is 0.176. The molecule has 9 aromatic carbocycles. The summed E-state index contributed by atoms with van der Waals surface area (Å²) < 4.78 is 4.86. The Morgan fingerprint density at radius 2 is 0.879 bits per heavy atom. The molecule has 4 nitrogen and oxygen atoms in total. The maximum absolute atomic E-state index is 5.29. The Kier molecular flexibility index (Phi) is 7.20. The third-order valence-corrected chi connectivity index (χ3v) is 11.7. The van der Waals surface area contributed by atoms with E-state index in [0.29, 0.717) is 0 Å². The van der Waals surface area contributed by atoms with Crippen LogP contribution in [0.1, 0.15) is 0 Å². The zero-order chi connectivity index (χ0) is 38.2. The Morgan fingerprint density at radius 3 is 1.66 bits per heavy atom. The second-order valence-electron chi connectivity index (χ2n) is 15.0. The van der Waals surface area contributed by atoms with Crippen molar-refractivity contribution in [3.05, 3.63) is 206 Å². The van der Waals surface area contributed by atoms with Crippen molar-refractivity contribution in [3.8, 4) is 45.0 Å². The molecule has 12 aromatic rings. The maximum atomic E-state index is 5.29. The molecule has 0 unspecified atom stereocenters. The first-order chi connectivity index (χ1) is 28.8. The van der Waals surface area contributed by atoms with E-state index in [-0.39, 0.29) is 0 Å². The summed E-state index contributed by atoms with van der Waals surface area (Å²) in [6.07, 6.45) is 0. The topological polar surface area (TPSA) is 35.6 Å². The van der Waals surface area contributed by atoms with Gasteiger partial charge in [0.2, 0.25) is 0 Å². The lowest BCUT2D eigenvalue weighted by Gasteiger charge is -2.13. The molecule has 12 rings (SSSR count). The van der Waals surface area contributed by atoms with Gasteiger partial charge in [0.1, 0.15) is 0 Å². The minimum Gasteiger partial charge on any atom is -0.309 e.